The average molecular weight is 371 g/mol. The maximum Gasteiger partial charge on any atom is 0.292 e. The number of aromatic nitrogens is 3. The highest BCUT2D eigenvalue weighted by atomic mass is 16.2. The second kappa shape index (κ2) is 7.71. The molecule has 4 aromatic rings. The molecule has 2 amide bonds. The van der Waals surface area contributed by atoms with Gasteiger partial charge in [0.2, 0.25) is 5.82 Å². The van der Waals surface area contributed by atoms with Crippen molar-refractivity contribution in [1.29, 1.82) is 0 Å². The summed E-state index contributed by atoms with van der Waals surface area (Å²) in [6.45, 7) is 0.323. The van der Waals surface area contributed by atoms with Gasteiger partial charge in [-0.15, -0.1) is 0 Å². The smallest absolute Gasteiger partial charge is 0.292 e. The molecule has 0 spiro atoms. The molecule has 0 saturated carbocycles. The van der Waals surface area contributed by atoms with Crippen LogP contribution in [0.15, 0.2) is 79.3 Å². The van der Waals surface area contributed by atoms with Crippen LogP contribution in [0.4, 0.5) is 5.69 Å². The summed E-state index contributed by atoms with van der Waals surface area (Å²) in [6, 6.07) is 18.1. The van der Waals surface area contributed by atoms with Crippen LogP contribution >= 0.6 is 0 Å². The third-order valence-electron chi connectivity index (χ3n) is 4.17. The fourth-order valence-electron chi connectivity index (χ4n) is 2.84. The van der Waals surface area contributed by atoms with Gasteiger partial charge in [0.15, 0.2) is 5.69 Å². The first-order valence-electron chi connectivity index (χ1n) is 8.73. The predicted octanol–water partition coefficient (Wildman–Crippen LogP) is 2.91. The fraction of sp³-hybridized carbons (Fsp3) is 0.0476. The molecule has 0 fully saturated rings. The molecule has 0 saturated heterocycles. The van der Waals surface area contributed by atoms with E-state index in [9.17, 15) is 9.59 Å². The van der Waals surface area contributed by atoms with E-state index >= 15 is 0 Å². The Bertz CT molecular complexity index is 1120. The second-order valence-electron chi connectivity index (χ2n) is 6.10. The number of fused-ring (bicyclic) bond motifs is 1. The van der Waals surface area contributed by atoms with E-state index in [1.165, 1.54) is 0 Å². The average Bonchev–Trinajstić information content (AvgIpc) is 3.13. The number of imidazole rings is 1. The Kier molecular flexibility index (Phi) is 4.79. The highest BCUT2D eigenvalue weighted by Crippen LogP contribution is 2.15. The molecular weight excluding hydrogens is 354 g/mol. The summed E-state index contributed by atoms with van der Waals surface area (Å²) >= 11 is 0. The standard InChI is InChI=1S/C21H17N5O2/c27-20(23-14-15-7-6-11-22-13-15)18-17-10-4-5-12-26(17)19(25-18)21(28)24-16-8-2-1-3-9-16/h1-13H,14H2,(H,23,27)(H,24,28). The Balaban J connectivity index is 1.61. The molecule has 0 atom stereocenters. The van der Waals surface area contributed by atoms with Crippen LogP contribution in [0.25, 0.3) is 5.52 Å². The molecule has 4 rings (SSSR count). The van der Waals surface area contributed by atoms with E-state index in [4.69, 9.17) is 0 Å². The number of hydrogen-bond acceptors (Lipinski definition) is 4. The van der Waals surface area contributed by atoms with Gasteiger partial charge in [-0.05, 0) is 35.9 Å². The third kappa shape index (κ3) is 3.59. The summed E-state index contributed by atoms with van der Waals surface area (Å²) in [5, 5.41) is 5.62. The molecule has 3 aromatic heterocycles. The molecule has 0 unspecified atom stereocenters. The lowest BCUT2D eigenvalue weighted by Gasteiger charge is -2.03. The second-order valence-corrected chi connectivity index (χ2v) is 6.10. The van der Waals surface area contributed by atoms with Crippen LogP contribution in [-0.4, -0.2) is 26.2 Å². The summed E-state index contributed by atoms with van der Waals surface area (Å²) in [5.41, 5.74) is 2.29. The van der Waals surface area contributed by atoms with Crippen molar-refractivity contribution in [3.05, 3.63) is 96.3 Å². The monoisotopic (exact) mass is 371 g/mol. The van der Waals surface area contributed by atoms with Gasteiger partial charge in [-0.3, -0.25) is 19.0 Å². The zero-order valence-electron chi connectivity index (χ0n) is 14.9. The summed E-state index contributed by atoms with van der Waals surface area (Å²) in [6.07, 6.45) is 5.07. The minimum absolute atomic E-state index is 0.144. The molecule has 2 N–H and O–H groups in total. The number of carbonyl (C=O) groups is 2. The number of carbonyl (C=O) groups excluding carboxylic acids is 2. The van der Waals surface area contributed by atoms with E-state index in [1.807, 2.05) is 24.3 Å². The first kappa shape index (κ1) is 17.4. The number of nitrogens with one attached hydrogen (secondary N) is 2. The number of rotatable bonds is 5. The van der Waals surface area contributed by atoms with E-state index in [1.54, 1.807) is 59.4 Å². The van der Waals surface area contributed by atoms with Gasteiger partial charge in [0.25, 0.3) is 11.8 Å². The van der Waals surface area contributed by atoms with E-state index < -0.39 is 5.91 Å². The SMILES string of the molecule is O=C(NCc1cccnc1)c1nc(C(=O)Nc2ccccc2)n2ccccc12. The van der Waals surface area contributed by atoms with E-state index in [-0.39, 0.29) is 17.4 Å². The summed E-state index contributed by atoms with van der Waals surface area (Å²) in [7, 11) is 0. The topological polar surface area (TPSA) is 88.4 Å². The first-order chi connectivity index (χ1) is 13.7. The normalized spacial score (nSPS) is 10.6. The zero-order valence-corrected chi connectivity index (χ0v) is 14.9. The molecule has 7 heteroatoms. The maximum absolute atomic E-state index is 12.7. The lowest BCUT2D eigenvalue weighted by atomic mass is 10.2. The first-order valence-corrected chi connectivity index (χ1v) is 8.73. The van der Waals surface area contributed by atoms with Crippen molar-refractivity contribution in [2.75, 3.05) is 5.32 Å². The summed E-state index contributed by atoms with van der Waals surface area (Å²) in [4.78, 5) is 33.7. The lowest BCUT2D eigenvalue weighted by molar-refractivity contribution is 0.0948. The van der Waals surface area contributed by atoms with Crippen molar-refractivity contribution in [3.8, 4) is 0 Å². The number of nitrogens with zero attached hydrogens (tertiary/aromatic N) is 3. The zero-order chi connectivity index (χ0) is 19.3. The number of para-hydroxylation sites is 1. The lowest BCUT2D eigenvalue weighted by Crippen LogP contribution is -2.23. The number of hydrogen-bond donors (Lipinski definition) is 2. The maximum atomic E-state index is 12.7. The van der Waals surface area contributed by atoms with Gasteiger partial charge in [0, 0.05) is 30.8 Å². The van der Waals surface area contributed by atoms with Crippen molar-refractivity contribution < 1.29 is 9.59 Å². The largest absolute Gasteiger partial charge is 0.346 e. The van der Waals surface area contributed by atoms with Crippen LogP contribution in [-0.2, 0) is 6.54 Å². The van der Waals surface area contributed by atoms with Gasteiger partial charge in [0.1, 0.15) is 0 Å². The summed E-state index contributed by atoms with van der Waals surface area (Å²) < 4.78 is 1.61. The molecule has 7 nitrogen and oxygen atoms in total. The van der Waals surface area contributed by atoms with Crippen molar-refractivity contribution >= 4 is 23.0 Å². The molecule has 138 valence electrons. The van der Waals surface area contributed by atoms with Crippen LogP contribution in [0.1, 0.15) is 26.7 Å². The van der Waals surface area contributed by atoms with E-state index in [0.29, 0.717) is 17.7 Å². The Labute approximate surface area is 161 Å². The molecule has 28 heavy (non-hydrogen) atoms. The van der Waals surface area contributed by atoms with Crippen molar-refractivity contribution in [3.63, 3.8) is 0 Å². The fourth-order valence-corrected chi connectivity index (χ4v) is 2.84. The predicted molar refractivity (Wildman–Crippen MR) is 105 cm³/mol. The highest BCUT2D eigenvalue weighted by molar-refractivity contribution is 6.06. The van der Waals surface area contributed by atoms with Crippen molar-refractivity contribution in [1.82, 2.24) is 19.7 Å². The number of anilines is 1. The quantitative estimate of drug-likeness (QED) is 0.565. The molecule has 0 radical (unpaired) electrons. The molecule has 0 aliphatic heterocycles. The number of benzene rings is 1. The van der Waals surface area contributed by atoms with Gasteiger partial charge in [-0.2, -0.15) is 0 Å². The molecule has 0 bridgehead atoms. The van der Waals surface area contributed by atoms with Gasteiger partial charge in [-0.25, -0.2) is 4.98 Å². The molecule has 1 aromatic carbocycles. The number of amides is 2. The van der Waals surface area contributed by atoms with Crippen LogP contribution in [0.5, 0.6) is 0 Å². The van der Waals surface area contributed by atoms with E-state index in [2.05, 4.69) is 20.6 Å². The Morgan fingerprint density at radius 2 is 1.75 bits per heavy atom. The summed E-state index contributed by atoms with van der Waals surface area (Å²) in [5.74, 6) is -0.601. The minimum atomic E-state index is -0.390. The van der Waals surface area contributed by atoms with Gasteiger partial charge in [0.05, 0.1) is 5.52 Å². The van der Waals surface area contributed by atoms with Crippen LogP contribution in [0.2, 0.25) is 0 Å². The van der Waals surface area contributed by atoms with E-state index in [0.717, 1.165) is 5.56 Å². The molecule has 0 aliphatic rings. The third-order valence-corrected chi connectivity index (χ3v) is 4.17. The van der Waals surface area contributed by atoms with Gasteiger partial charge < -0.3 is 10.6 Å². The highest BCUT2D eigenvalue weighted by Gasteiger charge is 2.21. The molecule has 0 aliphatic carbocycles. The number of pyridine rings is 2. The van der Waals surface area contributed by atoms with Crippen LogP contribution in [0, 0.1) is 0 Å². The molecule has 3 heterocycles. The van der Waals surface area contributed by atoms with Gasteiger partial charge in [-0.1, -0.05) is 30.3 Å². The van der Waals surface area contributed by atoms with Crippen molar-refractivity contribution in [2.45, 2.75) is 6.54 Å². The Morgan fingerprint density at radius 1 is 0.929 bits per heavy atom. The van der Waals surface area contributed by atoms with Crippen LogP contribution < -0.4 is 10.6 Å². The van der Waals surface area contributed by atoms with Gasteiger partial charge >= 0.3 is 0 Å². The minimum Gasteiger partial charge on any atom is -0.346 e. The molecular formula is C21H17N5O2. The van der Waals surface area contributed by atoms with Crippen molar-refractivity contribution in [2.24, 2.45) is 0 Å². The Morgan fingerprint density at radius 3 is 2.54 bits per heavy atom. The Hall–Kier alpha value is -4.00. The van der Waals surface area contributed by atoms with Crippen LogP contribution in [0.3, 0.4) is 0 Å².